The van der Waals surface area contributed by atoms with E-state index >= 15 is 0 Å². The zero-order valence-electron chi connectivity index (χ0n) is 20.8. The zero-order valence-corrected chi connectivity index (χ0v) is 20.8. The number of fused-ring (bicyclic) bond motifs is 1. The van der Waals surface area contributed by atoms with Crippen molar-refractivity contribution in [2.24, 2.45) is 0 Å². The molecule has 0 N–H and O–H groups in total. The van der Waals surface area contributed by atoms with Crippen LogP contribution in [0.2, 0.25) is 0 Å². The van der Waals surface area contributed by atoms with Crippen molar-refractivity contribution in [2.75, 3.05) is 13.1 Å². The number of nitro groups is 1. The summed E-state index contributed by atoms with van der Waals surface area (Å²) in [6, 6.07) is 17.5. The average molecular weight is 530 g/mol. The van der Waals surface area contributed by atoms with Crippen molar-refractivity contribution in [3.05, 3.63) is 135 Å². The monoisotopic (exact) mass is 529 g/mol. The summed E-state index contributed by atoms with van der Waals surface area (Å²) in [7, 11) is 0. The molecule has 0 aliphatic heterocycles. The van der Waals surface area contributed by atoms with Crippen molar-refractivity contribution in [1.82, 2.24) is 9.80 Å². The summed E-state index contributed by atoms with van der Waals surface area (Å²) in [6.07, 6.45) is 2.73. The highest BCUT2D eigenvalue weighted by Gasteiger charge is 2.24. The van der Waals surface area contributed by atoms with Crippen LogP contribution in [0.4, 0.5) is 10.1 Å². The van der Waals surface area contributed by atoms with Crippen molar-refractivity contribution >= 4 is 28.5 Å². The molecular weight excluding hydrogens is 505 g/mol. The van der Waals surface area contributed by atoms with Gasteiger partial charge in [-0.3, -0.25) is 24.5 Å². The third kappa shape index (κ3) is 6.42. The molecule has 0 aliphatic rings. The highest BCUT2D eigenvalue weighted by Crippen LogP contribution is 2.17. The van der Waals surface area contributed by atoms with E-state index in [0.29, 0.717) is 16.5 Å². The minimum absolute atomic E-state index is 0.00420. The number of nitrogens with zero attached hydrogens (tertiary/aromatic N) is 3. The maximum absolute atomic E-state index is 13.6. The number of non-ortho nitro benzene ring substituents is 1. The van der Waals surface area contributed by atoms with E-state index in [1.807, 2.05) is 0 Å². The van der Waals surface area contributed by atoms with Crippen LogP contribution in [0.15, 0.2) is 101 Å². The molecule has 0 saturated heterocycles. The lowest BCUT2D eigenvalue weighted by molar-refractivity contribution is -0.384. The Balaban J connectivity index is 1.63. The normalized spacial score (nSPS) is 10.7. The Morgan fingerprint density at radius 2 is 1.74 bits per heavy atom. The number of carbonyl (C=O) groups is 2. The van der Waals surface area contributed by atoms with Gasteiger partial charge < -0.3 is 14.2 Å². The summed E-state index contributed by atoms with van der Waals surface area (Å²) in [4.78, 5) is 53.0. The topological polar surface area (TPSA) is 114 Å². The molecule has 0 radical (unpaired) electrons. The van der Waals surface area contributed by atoms with Crippen LogP contribution < -0.4 is 5.43 Å². The standard InChI is InChI=1S/C29H24FN3O6/c1-2-14-31(29(36)21-6-5-7-24(15-21)33(37)38)18-27(34)32(16-20-10-12-23(30)13-11-20)17-22-19-39-26-9-4-3-8-25(26)28(22)35/h2-13,15,19H,1,14,16-18H2. The molecule has 2 amide bonds. The van der Waals surface area contributed by atoms with Crippen LogP contribution >= 0.6 is 0 Å². The van der Waals surface area contributed by atoms with Gasteiger partial charge in [0.2, 0.25) is 5.91 Å². The van der Waals surface area contributed by atoms with Crippen molar-refractivity contribution < 1.29 is 23.3 Å². The first-order valence-corrected chi connectivity index (χ1v) is 11.9. The number of benzene rings is 3. The van der Waals surface area contributed by atoms with E-state index in [1.54, 1.807) is 24.3 Å². The molecule has 4 aromatic rings. The number of nitro benzene ring substituents is 1. The molecule has 198 valence electrons. The van der Waals surface area contributed by atoms with Gasteiger partial charge >= 0.3 is 0 Å². The Morgan fingerprint density at radius 1 is 1.00 bits per heavy atom. The number of amides is 2. The minimum Gasteiger partial charge on any atom is -0.464 e. The van der Waals surface area contributed by atoms with Crippen molar-refractivity contribution in [3.8, 4) is 0 Å². The van der Waals surface area contributed by atoms with E-state index in [2.05, 4.69) is 6.58 Å². The van der Waals surface area contributed by atoms with Crippen LogP contribution in [0.1, 0.15) is 21.5 Å². The van der Waals surface area contributed by atoms with Crippen molar-refractivity contribution in [3.63, 3.8) is 0 Å². The lowest BCUT2D eigenvalue weighted by Crippen LogP contribution is -2.43. The molecule has 39 heavy (non-hydrogen) atoms. The van der Waals surface area contributed by atoms with E-state index in [0.717, 1.165) is 6.07 Å². The van der Waals surface area contributed by atoms with Crippen LogP contribution in [0.5, 0.6) is 0 Å². The fourth-order valence-corrected chi connectivity index (χ4v) is 4.05. The Kier molecular flexibility index (Phi) is 8.25. The third-order valence-electron chi connectivity index (χ3n) is 6.02. The van der Waals surface area contributed by atoms with Gasteiger partial charge in [-0.25, -0.2) is 4.39 Å². The number of para-hydroxylation sites is 1. The van der Waals surface area contributed by atoms with Crippen LogP contribution in [-0.4, -0.2) is 39.6 Å². The molecular formula is C29H24FN3O6. The van der Waals surface area contributed by atoms with Crippen molar-refractivity contribution in [2.45, 2.75) is 13.1 Å². The predicted octanol–water partition coefficient (Wildman–Crippen LogP) is 4.70. The van der Waals surface area contributed by atoms with Gasteiger partial charge in [0.05, 0.1) is 28.7 Å². The molecule has 4 rings (SSSR count). The van der Waals surface area contributed by atoms with Crippen LogP contribution in [0, 0.1) is 15.9 Å². The van der Waals surface area contributed by atoms with Gasteiger partial charge in [0.1, 0.15) is 17.9 Å². The fourth-order valence-electron chi connectivity index (χ4n) is 4.05. The van der Waals surface area contributed by atoms with Gasteiger partial charge in [0.15, 0.2) is 5.43 Å². The smallest absolute Gasteiger partial charge is 0.270 e. The van der Waals surface area contributed by atoms with Crippen LogP contribution in [0.3, 0.4) is 0 Å². The lowest BCUT2D eigenvalue weighted by Gasteiger charge is -2.27. The van der Waals surface area contributed by atoms with Gasteiger partial charge in [0, 0.05) is 30.8 Å². The second-order valence-corrected chi connectivity index (χ2v) is 8.74. The van der Waals surface area contributed by atoms with Gasteiger partial charge in [-0.05, 0) is 35.9 Å². The Hall–Kier alpha value is -5.12. The van der Waals surface area contributed by atoms with Gasteiger partial charge in [-0.15, -0.1) is 6.58 Å². The molecule has 1 aromatic heterocycles. The summed E-state index contributed by atoms with van der Waals surface area (Å²) >= 11 is 0. The fraction of sp³-hybridized carbons (Fsp3) is 0.138. The maximum Gasteiger partial charge on any atom is 0.270 e. The molecule has 0 unspecified atom stereocenters. The third-order valence-corrected chi connectivity index (χ3v) is 6.02. The Labute approximate surface area is 222 Å². The largest absolute Gasteiger partial charge is 0.464 e. The molecule has 1 heterocycles. The molecule has 0 atom stereocenters. The lowest BCUT2D eigenvalue weighted by atomic mass is 10.1. The second kappa shape index (κ2) is 12.0. The van der Waals surface area contributed by atoms with Gasteiger partial charge in [-0.2, -0.15) is 0 Å². The van der Waals surface area contributed by atoms with E-state index in [4.69, 9.17) is 4.42 Å². The highest BCUT2D eigenvalue weighted by atomic mass is 19.1. The number of rotatable bonds is 10. The molecule has 0 saturated carbocycles. The first kappa shape index (κ1) is 26.9. The molecule has 0 bridgehead atoms. The summed E-state index contributed by atoms with van der Waals surface area (Å²) < 4.78 is 19.1. The van der Waals surface area contributed by atoms with E-state index in [9.17, 15) is 28.9 Å². The number of hydrogen-bond donors (Lipinski definition) is 0. The zero-order chi connectivity index (χ0) is 27.9. The van der Waals surface area contributed by atoms with E-state index in [1.165, 1.54) is 64.6 Å². The van der Waals surface area contributed by atoms with Gasteiger partial charge in [0.25, 0.3) is 11.6 Å². The molecule has 9 nitrogen and oxygen atoms in total. The van der Waals surface area contributed by atoms with Gasteiger partial charge in [-0.1, -0.05) is 36.4 Å². The van der Waals surface area contributed by atoms with E-state index in [-0.39, 0.29) is 41.9 Å². The molecule has 0 spiro atoms. The quantitative estimate of drug-likeness (QED) is 0.167. The first-order chi connectivity index (χ1) is 18.8. The average Bonchev–Trinajstić information content (AvgIpc) is 2.94. The summed E-state index contributed by atoms with van der Waals surface area (Å²) in [5.41, 5.74) is 0.720. The number of hydrogen-bond acceptors (Lipinski definition) is 6. The Morgan fingerprint density at radius 3 is 2.46 bits per heavy atom. The van der Waals surface area contributed by atoms with E-state index < -0.39 is 29.1 Å². The Bertz CT molecular complexity index is 1600. The SMILES string of the molecule is C=CCN(CC(=O)N(Cc1ccc(F)cc1)Cc1coc2ccccc2c1=O)C(=O)c1cccc([N+](=O)[O-])c1. The minimum atomic E-state index is -0.612. The summed E-state index contributed by atoms with van der Waals surface area (Å²) in [5.74, 6) is -1.54. The molecule has 10 heteroatoms. The maximum atomic E-state index is 13.6. The van der Waals surface area contributed by atoms with Crippen molar-refractivity contribution in [1.29, 1.82) is 0 Å². The molecule has 0 fully saturated rings. The number of carbonyl (C=O) groups excluding carboxylic acids is 2. The first-order valence-electron chi connectivity index (χ1n) is 11.9. The molecule has 3 aromatic carbocycles. The van der Waals surface area contributed by atoms with Crippen LogP contribution in [-0.2, 0) is 17.9 Å². The van der Waals surface area contributed by atoms with Crippen LogP contribution in [0.25, 0.3) is 11.0 Å². The predicted molar refractivity (Wildman–Crippen MR) is 142 cm³/mol. The summed E-state index contributed by atoms with van der Waals surface area (Å²) in [5, 5.41) is 11.5. The number of halogens is 1. The highest BCUT2D eigenvalue weighted by molar-refractivity contribution is 5.97. The summed E-state index contributed by atoms with van der Waals surface area (Å²) in [6.45, 7) is 3.14. The molecule has 0 aliphatic carbocycles. The second-order valence-electron chi connectivity index (χ2n) is 8.74.